The summed E-state index contributed by atoms with van der Waals surface area (Å²) in [4.78, 5) is 26.5. The Labute approximate surface area is 101 Å². The third kappa shape index (κ3) is 2.53. The molecule has 0 aliphatic carbocycles. The Morgan fingerprint density at radius 1 is 1.24 bits per heavy atom. The normalized spacial score (nSPS) is 27.5. The van der Waals surface area contributed by atoms with Crippen LogP contribution in [0, 0.1) is 11.3 Å². The van der Waals surface area contributed by atoms with E-state index in [-0.39, 0.29) is 17.4 Å². The van der Waals surface area contributed by atoms with Crippen LogP contribution in [0.15, 0.2) is 0 Å². The number of hydrogen-bond acceptors (Lipinski definition) is 2. The number of aliphatic carboxylic acids is 1. The van der Waals surface area contributed by atoms with E-state index >= 15 is 0 Å². The maximum Gasteiger partial charge on any atom is 0.320 e. The van der Waals surface area contributed by atoms with E-state index in [9.17, 15) is 9.59 Å². The van der Waals surface area contributed by atoms with Crippen LogP contribution in [-0.4, -0.2) is 53.1 Å². The summed E-state index contributed by atoms with van der Waals surface area (Å²) in [6.07, 6.45) is 1.60. The van der Waals surface area contributed by atoms with Crippen molar-refractivity contribution in [1.29, 1.82) is 0 Å². The molecule has 2 heterocycles. The van der Waals surface area contributed by atoms with E-state index in [2.05, 4.69) is 13.8 Å². The molecule has 0 bridgehead atoms. The minimum Gasteiger partial charge on any atom is -0.481 e. The van der Waals surface area contributed by atoms with Gasteiger partial charge >= 0.3 is 12.0 Å². The minimum atomic E-state index is -0.790. The number of nitrogens with zero attached hydrogens (tertiary/aromatic N) is 2. The van der Waals surface area contributed by atoms with Crippen LogP contribution >= 0.6 is 0 Å². The quantitative estimate of drug-likeness (QED) is 0.750. The molecule has 0 aromatic carbocycles. The number of carboxylic acids is 1. The smallest absolute Gasteiger partial charge is 0.320 e. The Morgan fingerprint density at radius 2 is 1.94 bits per heavy atom. The molecule has 2 aliphatic rings. The van der Waals surface area contributed by atoms with E-state index < -0.39 is 5.97 Å². The summed E-state index contributed by atoms with van der Waals surface area (Å²) >= 11 is 0. The van der Waals surface area contributed by atoms with Crippen molar-refractivity contribution in [2.45, 2.75) is 26.7 Å². The van der Waals surface area contributed by atoms with E-state index in [1.807, 2.05) is 4.90 Å². The number of carboxylic acid groups (broad SMARTS) is 1. The van der Waals surface area contributed by atoms with Gasteiger partial charge < -0.3 is 14.9 Å². The lowest BCUT2D eigenvalue weighted by molar-refractivity contribution is -0.141. The van der Waals surface area contributed by atoms with E-state index in [1.54, 1.807) is 4.90 Å². The summed E-state index contributed by atoms with van der Waals surface area (Å²) < 4.78 is 0. The van der Waals surface area contributed by atoms with E-state index in [4.69, 9.17) is 5.11 Å². The number of rotatable bonds is 1. The lowest BCUT2D eigenvalue weighted by Gasteiger charge is -2.25. The van der Waals surface area contributed by atoms with Gasteiger partial charge in [0.25, 0.3) is 0 Å². The molecule has 0 aromatic heterocycles. The zero-order valence-electron chi connectivity index (χ0n) is 10.5. The lowest BCUT2D eigenvalue weighted by Crippen LogP contribution is -2.41. The SMILES string of the molecule is CC1(C)CCN(C(=O)N2CCC(C(=O)O)C2)C1. The van der Waals surface area contributed by atoms with Crippen molar-refractivity contribution in [2.24, 2.45) is 11.3 Å². The van der Waals surface area contributed by atoms with Crippen molar-refractivity contribution in [3.63, 3.8) is 0 Å². The van der Waals surface area contributed by atoms with Crippen molar-refractivity contribution in [1.82, 2.24) is 9.80 Å². The monoisotopic (exact) mass is 240 g/mol. The van der Waals surface area contributed by atoms with Gasteiger partial charge in [0.2, 0.25) is 0 Å². The maximum atomic E-state index is 12.2. The van der Waals surface area contributed by atoms with Crippen LogP contribution in [-0.2, 0) is 4.79 Å². The van der Waals surface area contributed by atoms with Crippen molar-refractivity contribution < 1.29 is 14.7 Å². The number of likely N-dealkylation sites (tertiary alicyclic amines) is 2. The predicted octanol–water partition coefficient (Wildman–Crippen LogP) is 1.24. The van der Waals surface area contributed by atoms with Crippen LogP contribution in [0.4, 0.5) is 4.79 Å². The number of urea groups is 1. The summed E-state index contributed by atoms with van der Waals surface area (Å²) in [7, 11) is 0. The second kappa shape index (κ2) is 4.20. The Morgan fingerprint density at radius 3 is 2.41 bits per heavy atom. The molecule has 1 N–H and O–H groups in total. The molecule has 0 saturated carbocycles. The Hall–Kier alpha value is -1.26. The summed E-state index contributed by atoms with van der Waals surface area (Å²) in [6, 6.07) is 0.0133. The largest absolute Gasteiger partial charge is 0.481 e. The molecule has 2 amide bonds. The van der Waals surface area contributed by atoms with Gasteiger partial charge in [-0.2, -0.15) is 0 Å². The highest BCUT2D eigenvalue weighted by molar-refractivity contribution is 5.77. The molecule has 5 nitrogen and oxygen atoms in total. The van der Waals surface area contributed by atoms with Gasteiger partial charge in [0, 0.05) is 26.2 Å². The first-order valence-corrected chi connectivity index (χ1v) is 6.16. The third-order valence-corrected chi connectivity index (χ3v) is 3.76. The van der Waals surface area contributed by atoms with Gasteiger partial charge in [-0.15, -0.1) is 0 Å². The predicted molar refractivity (Wildman–Crippen MR) is 62.7 cm³/mol. The zero-order valence-corrected chi connectivity index (χ0v) is 10.5. The Kier molecular flexibility index (Phi) is 3.02. The van der Waals surface area contributed by atoms with Crippen molar-refractivity contribution in [3.05, 3.63) is 0 Å². The summed E-state index contributed by atoms with van der Waals surface area (Å²) in [6.45, 7) is 6.83. The second-order valence-electron chi connectivity index (χ2n) is 5.89. The molecule has 2 saturated heterocycles. The first kappa shape index (κ1) is 12.2. The molecule has 2 aliphatic heterocycles. The molecule has 17 heavy (non-hydrogen) atoms. The fourth-order valence-corrected chi connectivity index (χ4v) is 2.61. The number of hydrogen-bond donors (Lipinski definition) is 1. The van der Waals surface area contributed by atoms with Gasteiger partial charge in [0.15, 0.2) is 0 Å². The average Bonchev–Trinajstić information content (AvgIpc) is 2.83. The van der Waals surface area contributed by atoms with Crippen LogP contribution in [0.5, 0.6) is 0 Å². The minimum absolute atomic E-state index is 0.0133. The average molecular weight is 240 g/mol. The Balaban J connectivity index is 1.92. The second-order valence-corrected chi connectivity index (χ2v) is 5.89. The van der Waals surface area contributed by atoms with Crippen LogP contribution in [0.3, 0.4) is 0 Å². The van der Waals surface area contributed by atoms with E-state index in [0.717, 1.165) is 19.5 Å². The lowest BCUT2D eigenvalue weighted by atomic mass is 9.93. The van der Waals surface area contributed by atoms with Crippen LogP contribution in [0.2, 0.25) is 0 Å². The summed E-state index contributed by atoms with van der Waals surface area (Å²) in [5, 5.41) is 8.91. The molecule has 0 radical (unpaired) electrons. The number of amides is 2. The molecule has 5 heteroatoms. The molecule has 1 unspecified atom stereocenters. The van der Waals surface area contributed by atoms with Crippen LogP contribution in [0.1, 0.15) is 26.7 Å². The zero-order chi connectivity index (χ0) is 12.6. The third-order valence-electron chi connectivity index (χ3n) is 3.76. The fourth-order valence-electron chi connectivity index (χ4n) is 2.61. The first-order chi connectivity index (χ1) is 7.89. The Bertz CT molecular complexity index is 341. The summed E-state index contributed by atoms with van der Waals surface area (Å²) in [5.74, 6) is -1.17. The standard InChI is InChI=1S/C12H20N2O3/c1-12(2)4-6-14(8-12)11(17)13-5-3-9(7-13)10(15)16/h9H,3-8H2,1-2H3,(H,15,16). The van der Waals surface area contributed by atoms with E-state index in [1.165, 1.54) is 0 Å². The highest BCUT2D eigenvalue weighted by Crippen LogP contribution is 2.30. The molecular weight excluding hydrogens is 220 g/mol. The van der Waals surface area contributed by atoms with Crippen molar-refractivity contribution >= 4 is 12.0 Å². The van der Waals surface area contributed by atoms with Crippen molar-refractivity contribution in [2.75, 3.05) is 26.2 Å². The molecule has 2 rings (SSSR count). The molecule has 1 atom stereocenters. The van der Waals surface area contributed by atoms with Gasteiger partial charge in [-0.05, 0) is 18.3 Å². The molecule has 0 aromatic rings. The molecular formula is C12H20N2O3. The number of carbonyl (C=O) groups is 2. The van der Waals surface area contributed by atoms with Gasteiger partial charge in [-0.3, -0.25) is 4.79 Å². The number of carbonyl (C=O) groups excluding carboxylic acids is 1. The highest BCUT2D eigenvalue weighted by atomic mass is 16.4. The highest BCUT2D eigenvalue weighted by Gasteiger charge is 2.37. The van der Waals surface area contributed by atoms with Crippen LogP contribution < -0.4 is 0 Å². The van der Waals surface area contributed by atoms with Gasteiger partial charge in [-0.1, -0.05) is 13.8 Å². The molecule has 0 spiro atoms. The first-order valence-electron chi connectivity index (χ1n) is 6.16. The maximum absolute atomic E-state index is 12.2. The fraction of sp³-hybridized carbons (Fsp3) is 0.833. The molecule has 2 fully saturated rings. The van der Waals surface area contributed by atoms with E-state index in [0.29, 0.717) is 19.5 Å². The van der Waals surface area contributed by atoms with Crippen LogP contribution in [0.25, 0.3) is 0 Å². The topological polar surface area (TPSA) is 60.9 Å². The molecule has 96 valence electrons. The summed E-state index contributed by atoms with van der Waals surface area (Å²) in [5.41, 5.74) is 0.196. The van der Waals surface area contributed by atoms with Crippen molar-refractivity contribution in [3.8, 4) is 0 Å². The van der Waals surface area contributed by atoms with Gasteiger partial charge in [-0.25, -0.2) is 4.79 Å². The van der Waals surface area contributed by atoms with Gasteiger partial charge in [0.1, 0.15) is 0 Å². The van der Waals surface area contributed by atoms with Gasteiger partial charge in [0.05, 0.1) is 5.92 Å².